The highest BCUT2D eigenvalue weighted by atomic mass is 32.1. The van der Waals surface area contributed by atoms with Gasteiger partial charge in [-0.05, 0) is 30.2 Å². The fraction of sp³-hybridized carbons (Fsp3) is 0.269. The average Bonchev–Trinajstić information content (AvgIpc) is 3.30. The van der Waals surface area contributed by atoms with Crippen LogP contribution in [0.5, 0.6) is 5.88 Å². The summed E-state index contributed by atoms with van der Waals surface area (Å²) in [6, 6.07) is 16.7. The normalized spacial score (nSPS) is 15.4. The van der Waals surface area contributed by atoms with Crippen molar-refractivity contribution in [2.45, 2.75) is 19.6 Å². The van der Waals surface area contributed by atoms with Crippen LogP contribution in [0.3, 0.4) is 0 Å². The summed E-state index contributed by atoms with van der Waals surface area (Å²) in [5.74, 6) is 0.0258. The van der Waals surface area contributed by atoms with Crippen molar-refractivity contribution >= 4 is 27.5 Å². The molecule has 2 aromatic heterocycles. The lowest BCUT2D eigenvalue weighted by molar-refractivity contribution is -0.139. The molecule has 0 aliphatic carbocycles. The molecule has 3 heterocycles. The largest absolute Gasteiger partial charge is 0.464 e. The molecule has 4 aromatic rings. The predicted octanol–water partition coefficient (Wildman–Crippen LogP) is 4.61. The highest BCUT2D eigenvalue weighted by Gasteiger charge is 2.27. The minimum Gasteiger partial charge on any atom is -0.464 e. The summed E-state index contributed by atoms with van der Waals surface area (Å²) in [4.78, 5) is 26.8. The van der Waals surface area contributed by atoms with Gasteiger partial charge >= 0.3 is 0 Å². The Kier molecular flexibility index (Phi) is 6.51. The summed E-state index contributed by atoms with van der Waals surface area (Å²) >= 11 is 1.47. The molecule has 1 saturated heterocycles. The molecule has 174 valence electrons. The van der Waals surface area contributed by atoms with Gasteiger partial charge in [0.2, 0.25) is 5.88 Å². The van der Waals surface area contributed by atoms with Crippen LogP contribution in [0.15, 0.2) is 66.3 Å². The Morgan fingerprint density at radius 2 is 1.79 bits per heavy atom. The van der Waals surface area contributed by atoms with Crippen LogP contribution in [-0.2, 0) is 11.3 Å². The van der Waals surface area contributed by atoms with E-state index in [4.69, 9.17) is 4.74 Å². The first-order valence-electron chi connectivity index (χ1n) is 11.3. The van der Waals surface area contributed by atoms with Crippen molar-refractivity contribution in [1.29, 1.82) is 0 Å². The number of carbonyl (C=O) groups is 1. The Morgan fingerprint density at radius 3 is 2.53 bits per heavy atom. The molecule has 0 saturated carbocycles. The number of thiophene rings is 1. The number of piperazine rings is 1. The molecule has 6 nitrogen and oxygen atoms in total. The van der Waals surface area contributed by atoms with Crippen molar-refractivity contribution in [1.82, 2.24) is 19.8 Å². The van der Waals surface area contributed by atoms with Gasteiger partial charge in [0, 0.05) is 43.7 Å². The molecule has 1 amide bonds. The van der Waals surface area contributed by atoms with Crippen molar-refractivity contribution in [3.05, 3.63) is 77.7 Å². The lowest BCUT2D eigenvalue weighted by atomic mass is 10.1. The molecular weight excluding hydrogens is 451 g/mol. The number of halogens is 1. The van der Waals surface area contributed by atoms with Crippen LogP contribution in [0.1, 0.15) is 12.5 Å². The summed E-state index contributed by atoms with van der Waals surface area (Å²) in [5.41, 5.74) is 2.99. The number of ether oxygens (including phenoxy) is 1. The maximum Gasteiger partial charge on any atom is 0.263 e. The second kappa shape index (κ2) is 9.87. The third kappa shape index (κ3) is 4.78. The number of hydrogen-bond donors (Lipinski definition) is 0. The number of rotatable bonds is 6. The van der Waals surface area contributed by atoms with Gasteiger partial charge in [-0.1, -0.05) is 42.5 Å². The van der Waals surface area contributed by atoms with Gasteiger partial charge in [-0.15, -0.1) is 11.3 Å². The van der Waals surface area contributed by atoms with Crippen LogP contribution >= 0.6 is 11.3 Å². The number of nitrogens with zero attached hydrogens (tertiary/aromatic N) is 4. The zero-order valence-corrected chi connectivity index (χ0v) is 19.7. The minimum absolute atomic E-state index is 0.0512. The highest BCUT2D eigenvalue weighted by Crippen LogP contribution is 2.37. The number of benzene rings is 2. The fourth-order valence-corrected chi connectivity index (χ4v) is 5.13. The SMILES string of the molecule is C[C@H](Oc1ncnc2scc(-c3ccc(F)cc3)c12)C(=O)N1CCN(Cc2ccccc2)CC1. The first-order chi connectivity index (χ1) is 16.6. The minimum atomic E-state index is -0.681. The van der Waals surface area contributed by atoms with E-state index in [1.54, 1.807) is 19.1 Å². The van der Waals surface area contributed by atoms with Gasteiger partial charge < -0.3 is 9.64 Å². The highest BCUT2D eigenvalue weighted by molar-refractivity contribution is 7.17. The molecule has 34 heavy (non-hydrogen) atoms. The summed E-state index contributed by atoms with van der Waals surface area (Å²) in [5, 5.41) is 2.70. The molecule has 1 aliphatic heterocycles. The van der Waals surface area contributed by atoms with E-state index in [9.17, 15) is 9.18 Å². The monoisotopic (exact) mass is 476 g/mol. The predicted molar refractivity (Wildman–Crippen MR) is 131 cm³/mol. The second-order valence-electron chi connectivity index (χ2n) is 8.36. The molecule has 0 bridgehead atoms. The van der Waals surface area contributed by atoms with Crippen LogP contribution < -0.4 is 4.74 Å². The van der Waals surface area contributed by atoms with Gasteiger partial charge in [-0.3, -0.25) is 9.69 Å². The zero-order valence-electron chi connectivity index (χ0n) is 18.9. The first kappa shape index (κ1) is 22.4. The second-order valence-corrected chi connectivity index (χ2v) is 9.22. The Balaban J connectivity index is 1.27. The molecule has 1 fully saturated rings. The van der Waals surface area contributed by atoms with Crippen LogP contribution in [0.4, 0.5) is 4.39 Å². The quantitative estimate of drug-likeness (QED) is 0.407. The topological polar surface area (TPSA) is 58.6 Å². The molecule has 0 spiro atoms. The number of amides is 1. The third-order valence-corrected chi connectivity index (χ3v) is 6.95. The number of aromatic nitrogens is 2. The van der Waals surface area contributed by atoms with Gasteiger partial charge in [0.15, 0.2) is 6.10 Å². The van der Waals surface area contributed by atoms with Crippen molar-refractivity contribution in [3.63, 3.8) is 0 Å². The van der Waals surface area contributed by atoms with E-state index in [1.165, 1.54) is 35.4 Å². The Hall–Kier alpha value is -3.36. The van der Waals surface area contributed by atoms with Gasteiger partial charge in [-0.25, -0.2) is 14.4 Å². The molecule has 2 aromatic carbocycles. The summed E-state index contributed by atoms with van der Waals surface area (Å²) in [6.45, 7) is 5.62. The third-order valence-electron chi connectivity index (χ3n) is 6.06. The molecule has 1 aliphatic rings. The Labute approximate surface area is 201 Å². The van der Waals surface area contributed by atoms with E-state index < -0.39 is 6.10 Å². The van der Waals surface area contributed by atoms with Crippen LogP contribution in [0.2, 0.25) is 0 Å². The van der Waals surface area contributed by atoms with E-state index in [2.05, 4.69) is 27.0 Å². The molecule has 5 rings (SSSR count). The Morgan fingerprint density at radius 1 is 1.06 bits per heavy atom. The van der Waals surface area contributed by atoms with E-state index in [1.807, 2.05) is 28.5 Å². The standard InChI is InChI=1S/C26H25FN4O2S/c1-18(26(32)31-13-11-30(12-14-31)15-19-5-3-2-4-6-19)33-24-23-22(16-34-25(23)29-17-28-24)20-7-9-21(27)10-8-20/h2-10,16-18H,11-15H2,1H3/t18-/m0/s1. The molecule has 0 unspecified atom stereocenters. The van der Waals surface area contributed by atoms with Crippen molar-refractivity contribution in [2.75, 3.05) is 26.2 Å². The lowest BCUT2D eigenvalue weighted by Gasteiger charge is -2.35. The first-order valence-corrected chi connectivity index (χ1v) is 12.2. The Bertz CT molecular complexity index is 1270. The average molecular weight is 477 g/mol. The number of carbonyl (C=O) groups excluding carboxylic acids is 1. The van der Waals surface area contributed by atoms with Crippen LogP contribution in [0.25, 0.3) is 21.3 Å². The molecule has 1 atom stereocenters. The fourth-order valence-electron chi connectivity index (χ4n) is 4.22. The summed E-state index contributed by atoms with van der Waals surface area (Å²) in [6.07, 6.45) is 0.766. The number of hydrogen-bond acceptors (Lipinski definition) is 6. The van der Waals surface area contributed by atoms with Crippen molar-refractivity contribution in [2.24, 2.45) is 0 Å². The van der Waals surface area contributed by atoms with Gasteiger partial charge in [0.05, 0.1) is 5.39 Å². The van der Waals surface area contributed by atoms with Gasteiger partial charge in [0.25, 0.3) is 5.91 Å². The molecule has 0 N–H and O–H groups in total. The number of fused-ring (bicyclic) bond motifs is 1. The van der Waals surface area contributed by atoms with E-state index in [-0.39, 0.29) is 11.7 Å². The molecule has 0 radical (unpaired) electrons. The van der Waals surface area contributed by atoms with Crippen molar-refractivity contribution in [3.8, 4) is 17.0 Å². The van der Waals surface area contributed by atoms with Gasteiger partial charge in [0.1, 0.15) is 17.0 Å². The maximum absolute atomic E-state index is 13.4. The van der Waals surface area contributed by atoms with Gasteiger partial charge in [-0.2, -0.15) is 0 Å². The smallest absolute Gasteiger partial charge is 0.263 e. The maximum atomic E-state index is 13.4. The molecular formula is C26H25FN4O2S. The van der Waals surface area contributed by atoms with E-state index >= 15 is 0 Å². The van der Waals surface area contributed by atoms with E-state index in [0.717, 1.165) is 41.0 Å². The summed E-state index contributed by atoms with van der Waals surface area (Å²) in [7, 11) is 0. The molecule has 8 heteroatoms. The zero-order chi connectivity index (χ0) is 23.5. The van der Waals surface area contributed by atoms with Crippen LogP contribution in [0, 0.1) is 5.82 Å². The van der Waals surface area contributed by atoms with E-state index in [0.29, 0.717) is 19.0 Å². The lowest BCUT2D eigenvalue weighted by Crippen LogP contribution is -2.51. The summed E-state index contributed by atoms with van der Waals surface area (Å²) < 4.78 is 19.5. The van der Waals surface area contributed by atoms with Crippen molar-refractivity contribution < 1.29 is 13.9 Å². The van der Waals surface area contributed by atoms with Crippen LogP contribution in [-0.4, -0.2) is 58.0 Å².